The summed E-state index contributed by atoms with van der Waals surface area (Å²) in [4.78, 5) is 27.7. The average Bonchev–Trinajstić information content (AvgIpc) is 3.27. The second-order valence-corrected chi connectivity index (χ2v) is 12.0. The van der Waals surface area contributed by atoms with Gasteiger partial charge in [0.2, 0.25) is 0 Å². The lowest BCUT2D eigenvalue weighted by molar-refractivity contribution is -0.190. The molecule has 1 aromatic carbocycles. The molecule has 5 rings (SSSR count). The van der Waals surface area contributed by atoms with Crippen LogP contribution in [0.2, 0.25) is 5.02 Å². The molecule has 4 aliphatic rings. The summed E-state index contributed by atoms with van der Waals surface area (Å²) >= 11 is 6.29. The molecule has 0 amide bonds. The normalized spacial score (nSPS) is 41.1. The van der Waals surface area contributed by atoms with E-state index in [9.17, 15) is 24.9 Å². The van der Waals surface area contributed by atoms with E-state index in [0.717, 1.165) is 0 Å². The quantitative estimate of drug-likeness (QED) is 0.432. The van der Waals surface area contributed by atoms with E-state index < -0.39 is 41.7 Å². The number of ketones is 1. The van der Waals surface area contributed by atoms with Crippen molar-refractivity contribution in [3.8, 4) is 0 Å². The van der Waals surface area contributed by atoms with Crippen LogP contribution in [0.25, 0.3) is 0 Å². The van der Waals surface area contributed by atoms with Gasteiger partial charge in [-0.05, 0) is 66.2 Å². The zero-order valence-electron chi connectivity index (χ0n) is 20.7. The van der Waals surface area contributed by atoms with Gasteiger partial charge in [0.05, 0.1) is 22.6 Å². The van der Waals surface area contributed by atoms with E-state index in [1.807, 2.05) is 6.92 Å². The van der Waals surface area contributed by atoms with Gasteiger partial charge < -0.3 is 20.1 Å². The van der Waals surface area contributed by atoms with Crippen LogP contribution in [0.15, 0.2) is 41.5 Å². The average molecular weight is 501 g/mol. The number of halogens is 1. The van der Waals surface area contributed by atoms with E-state index in [0.29, 0.717) is 17.6 Å². The SMILES string of the molecule is CC1=C[C@]23C(=O)[C@@H](C=C(CO)[C@@H](O)[C@]2(O)[C@H]1OC(=O)c1c(C)cccc1Cl)[C@H]1[C@@H](C[C@H]3C)C1(C)C. The molecule has 2 fully saturated rings. The molecule has 0 radical (unpaired) electrons. The monoisotopic (exact) mass is 500 g/mol. The van der Waals surface area contributed by atoms with Gasteiger partial charge in [-0.25, -0.2) is 4.79 Å². The maximum atomic E-state index is 14.4. The largest absolute Gasteiger partial charge is 0.451 e. The first kappa shape index (κ1) is 24.7. The number of benzene rings is 1. The Morgan fingerprint density at radius 2 is 1.94 bits per heavy atom. The number of allylic oxidation sites excluding steroid dienone is 1. The van der Waals surface area contributed by atoms with Crippen LogP contribution in [0.4, 0.5) is 0 Å². The van der Waals surface area contributed by atoms with Crippen molar-refractivity contribution in [1.82, 2.24) is 0 Å². The molecule has 2 bridgehead atoms. The van der Waals surface area contributed by atoms with Crippen molar-refractivity contribution in [1.29, 1.82) is 0 Å². The van der Waals surface area contributed by atoms with Gasteiger partial charge in [0.15, 0.2) is 17.5 Å². The lowest BCUT2D eigenvalue weighted by Crippen LogP contribution is -2.65. The minimum Gasteiger partial charge on any atom is -0.451 e. The molecule has 4 aliphatic carbocycles. The Morgan fingerprint density at radius 3 is 2.57 bits per heavy atom. The second-order valence-electron chi connectivity index (χ2n) is 11.6. The summed E-state index contributed by atoms with van der Waals surface area (Å²) in [5.74, 6) is -1.44. The molecule has 6 nitrogen and oxygen atoms in total. The van der Waals surface area contributed by atoms with Crippen LogP contribution in [-0.2, 0) is 9.53 Å². The summed E-state index contributed by atoms with van der Waals surface area (Å²) in [7, 11) is 0. The second kappa shape index (κ2) is 7.75. The van der Waals surface area contributed by atoms with Gasteiger partial charge in [0.1, 0.15) is 6.10 Å². The Labute approximate surface area is 210 Å². The van der Waals surface area contributed by atoms with Crippen molar-refractivity contribution in [2.75, 3.05) is 6.61 Å². The summed E-state index contributed by atoms with van der Waals surface area (Å²) in [5, 5.41) is 34.4. The molecule has 35 heavy (non-hydrogen) atoms. The van der Waals surface area contributed by atoms with E-state index in [1.54, 1.807) is 44.2 Å². The molecule has 8 atom stereocenters. The smallest absolute Gasteiger partial charge is 0.340 e. The predicted octanol–water partition coefficient (Wildman–Crippen LogP) is 3.64. The number of carbonyl (C=O) groups excluding carboxylic acids is 2. The number of aliphatic hydroxyl groups is 3. The molecule has 0 unspecified atom stereocenters. The Hall–Kier alpha value is -1.99. The van der Waals surface area contributed by atoms with Crippen LogP contribution in [0.1, 0.15) is 50.0 Å². The summed E-state index contributed by atoms with van der Waals surface area (Å²) in [6.07, 6.45) is 1.20. The first-order valence-electron chi connectivity index (χ1n) is 12.3. The van der Waals surface area contributed by atoms with Crippen molar-refractivity contribution in [3.05, 3.63) is 57.6 Å². The van der Waals surface area contributed by atoms with Gasteiger partial charge in [-0.15, -0.1) is 0 Å². The number of carbonyl (C=O) groups is 2. The molecule has 3 N–H and O–H groups in total. The third kappa shape index (κ3) is 3.00. The maximum absolute atomic E-state index is 14.4. The third-order valence-corrected chi connectivity index (χ3v) is 9.86. The first-order chi connectivity index (χ1) is 16.3. The van der Waals surface area contributed by atoms with E-state index in [4.69, 9.17) is 16.3 Å². The molecule has 0 aromatic heterocycles. The molecular formula is C28H33ClO6. The lowest BCUT2D eigenvalue weighted by Gasteiger charge is -2.48. The maximum Gasteiger partial charge on any atom is 0.340 e. The molecule has 0 aliphatic heterocycles. The molecule has 1 aromatic rings. The van der Waals surface area contributed by atoms with Crippen LogP contribution in [-0.4, -0.2) is 51.5 Å². The van der Waals surface area contributed by atoms with Crippen LogP contribution in [0, 0.1) is 41.4 Å². The van der Waals surface area contributed by atoms with E-state index in [1.165, 1.54) is 0 Å². The fraction of sp³-hybridized carbons (Fsp3) is 0.571. The Morgan fingerprint density at radius 1 is 1.26 bits per heavy atom. The first-order valence-corrected chi connectivity index (χ1v) is 12.6. The zero-order chi connectivity index (χ0) is 25.7. The van der Waals surface area contributed by atoms with Crippen molar-refractivity contribution in [2.45, 2.75) is 58.8 Å². The molecular weight excluding hydrogens is 468 g/mol. The highest BCUT2D eigenvalue weighted by Crippen LogP contribution is 2.71. The molecule has 0 heterocycles. The highest BCUT2D eigenvalue weighted by molar-refractivity contribution is 6.33. The summed E-state index contributed by atoms with van der Waals surface area (Å²) in [6.45, 7) is 9.15. The van der Waals surface area contributed by atoms with Crippen LogP contribution < -0.4 is 0 Å². The Balaban J connectivity index is 1.65. The summed E-state index contributed by atoms with van der Waals surface area (Å²) < 4.78 is 5.90. The standard InChI is InChI=1S/C28H33ClO6/c1-13-7-6-8-19(29)20(13)25(33)35-24-14(2)11-27-15(3)9-18-21(26(18,4)5)17(23(27)32)10-16(12-30)22(31)28(24,27)34/h6-8,10-11,15,17-18,21-22,24,30-31,34H,9,12H2,1-5H3/t15-,17+,18-,21+,22-,24+,27+,28+/m1/s1. The van der Waals surface area contributed by atoms with Crippen molar-refractivity contribution in [3.63, 3.8) is 0 Å². The number of hydrogen-bond donors (Lipinski definition) is 3. The van der Waals surface area contributed by atoms with E-state index in [2.05, 4.69) is 13.8 Å². The molecule has 2 saturated carbocycles. The molecule has 7 heteroatoms. The fourth-order valence-corrected chi connectivity index (χ4v) is 7.95. The third-order valence-electron chi connectivity index (χ3n) is 9.55. The number of aryl methyl sites for hydroxylation is 1. The summed E-state index contributed by atoms with van der Waals surface area (Å²) in [6, 6.07) is 5.05. The number of rotatable bonds is 3. The van der Waals surface area contributed by atoms with Gasteiger partial charge in [-0.2, -0.15) is 0 Å². The van der Waals surface area contributed by atoms with Gasteiger partial charge in [0, 0.05) is 5.92 Å². The lowest BCUT2D eigenvalue weighted by atomic mass is 9.59. The predicted molar refractivity (Wildman–Crippen MR) is 131 cm³/mol. The molecule has 188 valence electrons. The van der Waals surface area contributed by atoms with Gasteiger partial charge in [-0.1, -0.05) is 56.7 Å². The van der Waals surface area contributed by atoms with Crippen molar-refractivity contribution in [2.24, 2.45) is 34.5 Å². The van der Waals surface area contributed by atoms with Gasteiger partial charge >= 0.3 is 5.97 Å². The number of Topliss-reactive ketones (excluding diaryl/α,β-unsaturated/α-hetero) is 1. The molecule has 0 saturated heterocycles. The number of ether oxygens (including phenoxy) is 1. The molecule has 1 spiro atoms. The van der Waals surface area contributed by atoms with Crippen LogP contribution >= 0.6 is 11.6 Å². The topological polar surface area (TPSA) is 104 Å². The van der Waals surface area contributed by atoms with Gasteiger partial charge in [0.25, 0.3) is 0 Å². The minimum atomic E-state index is -2.16. The Kier molecular flexibility index (Phi) is 5.47. The number of hydrogen-bond acceptors (Lipinski definition) is 6. The number of aliphatic hydroxyl groups excluding tert-OH is 2. The van der Waals surface area contributed by atoms with Crippen LogP contribution in [0.5, 0.6) is 0 Å². The van der Waals surface area contributed by atoms with Gasteiger partial charge in [-0.3, -0.25) is 4.79 Å². The van der Waals surface area contributed by atoms with Crippen molar-refractivity contribution < 1.29 is 29.6 Å². The van der Waals surface area contributed by atoms with E-state index in [-0.39, 0.29) is 45.1 Å². The highest BCUT2D eigenvalue weighted by Gasteiger charge is 2.76. The van der Waals surface area contributed by atoms with Crippen LogP contribution in [0.3, 0.4) is 0 Å². The number of fused-ring (bicyclic) bond motifs is 3. The number of esters is 1. The zero-order valence-corrected chi connectivity index (χ0v) is 21.5. The fourth-order valence-electron chi connectivity index (χ4n) is 7.65. The minimum absolute atomic E-state index is 0.0501. The van der Waals surface area contributed by atoms with Crippen molar-refractivity contribution >= 4 is 23.4 Å². The summed E-state index contributed by atoms with van der Waals surface area (Å²) in [5.41, 5.74) is -2.21. The highest BCUT2D eigenvalue weighted by atomic mass is 35.5. The Bertz CT molecular complexity index is 1160. The van der Waals surface area contributed by atoms with E-state index >= 15 is 0 Å².